The number of carbonyl (C=O) groups is 2. The van der Waals surface area contributed by atoms with Crippen LogP contribution in [-0.4, -0.2) is 42.3 Å². The molecule has 1 aliphatic heterocycles. The summed E-state index contributed by atoms with van der Waals surface area (Å²) in [5.41, 5.74) is 0. The first kappa shape index (κ1) is 14.3. The third-order valence-electron chi connectivity index (χ3n) is 3.02. The average Bonchev–Trinajstić information content (AvgIpc) is 2.93. The van der Waals surface area contributed by atoms with Gasteiger partial charge in [-0.25, -0.2) is 4.79 Å². The first-order chi connectivity index (χ1) is 9.65. The highest BCUT2D eigenvalue weighted by Crippen LogP contribution is 2.19. The quantitative estimate of drug-likeness (QED) is 0.805. The van der Waals surface area contributed by atoms with Gasteiger partial charge in [-0.05, 0) is 25.0 Å². The molecule has 0 radical (unpaired) electrons. The molecule has 0 aliphatic carbocycles. The van der Waals surface area contributed by atoms with Crippen LogP contribution >= 0.6 is 0 Å². The minimum Gasteiger partial charge on any atom is -0.484 e. The Bertz CT molecular complexity index is 462. The highest BCUT2D eigenvalue weighted by molar-refractivity contribution is 5.77. The van der Waals surface area contributed by atoms with E-state index in [-0.39, 0.29) is 18.6 Å². The Morgan fingerprint density at radius 1 is 1.30 bits per heavy atom. The van der Waals surface area contributed by atoms with E-state index in [2.05, 4.69) is 5.32 Å². The van der Waals surface area contributed by atoms with Gasteiger partial charge in [0, 0.05) is 6.54 Å². The molecule has 6 heteroatoms. The fraction of sp³-hybridized carbons (Fsp3) is 0.429. The van der Waals surface area contributed by atoms with Gasteiger partial charge in [0.15, 0.2) is 12.7 Å². The molecule has 1 aromatic carbocycles. The van der Waals surface area contributed by atoms with E-state index in [9.17, 15) is 9.59 Å². The summed E-state index contributed by atoms with van der Waals surface area (Å²) < 4.78 is 10.6. The van der Waals surface area contributed by atoms with E-state index >= 15 is 0 Å². The second kappa shape index (κ2) is 6.91. The molecule has 1 amide bonds. The third kappa shape index (κ3) is 4.24. The number of rotatable bonds is 6. The monoisotopic (exact) mass is 279 g/mol. The van der Waals surface area contributed by atoms with Gasteiger partial charge in [-0.3, -0.25) is 4.79 Å². The van der Waals surface area contributed by atoms with Gasteiger partial charge in [-0.15, -0.1) is 0 Å². The zero-order valence-corrected chi connectivity index (χ0v) is 11.0. The number of nitrogens with one attached hydrogen (secondary N) is 1. The van der Waals surface area contributed by atoms with Crippen molar-refractivity contribution < 1.29 is 24.2 Å². The van der Waals surface area contributed by atoms with Crippen LogP contribution < -0.4 is 10.1 Å². The molecule has 0 saturated carbocycles. The Kier molecular flexibility index (Phi) is 4.95. The summed E-state index contributed by atoms with van der Waals surface area (Å²) in [6.07, 6.45) is 0.127. The third-order valence-corrected chi connectivity index (χ3v) is 3.02. The molecule has 0 bridgehead atoms. The van der Waals surface area contributed by atoms with Gasteiger partial charge in [0.2, 0.25) is 0 Å². The summed E-state index contributed by atoms with van der Waals surface area (Å²) in [5, 5.41) is 11.5. The molecule has 1 aliphatic rings. The maximum atomic E-state index is 11.6. The van der Waals surface area contributed by atoms with E-state index in [0.717, 1.165) is 0 Å². The van der Waals surface area contributed by atoms with Crippen molar-refractivity contribution in [2.24, 2.45) is 0 Å². The molecule has 1 aromatic rings. The lowest BCUT2D eigenvalue weighted by Gasteiger charge is -2.12. The molecule has 1 heterocycles. The van der Waals surface area contributed by atoms with Crippen LogP contribution in [0.1, 0.15) is 12.8 Å². The zero-order chi connectivity index (χ0) is 14.4. The number of benzene rings is 1. The molecule has 2 unspecified atom stereocenters. The van der Waals surface area contributed by atoms with Crippen LogP contribution in [0.2, 0.25) is 0 Å². The standard InChI is InChI=1S/C14H17NO5/c16-13(9-19-10-4-2-1-3-5-10)15-8-11-6-7-12(20-11)14(17)18/h1-5,11-12H,6-9H2,(H,15,16)(H,17,18). The SMILES string of the molecule is O=C(COc1ccccc1)NCC1CCC(C(=O)O)O1. The Morgan fingerprint density at radius 2 is 2.05 bits per heavy atom. The predicted molar refractivity (Wildman–Crippen MR) is 70.5 cm³/mol. The summed E-state index contributed by atoms with van der Waals surface area (Å²) in [6.45, 7) is 0.236. The second-order valence-corrected chi connectivity index (χ2v) is 4.57. The Hall–Kier alpha value is -2.08. The number of carbonyl (C=O) groups excluding carboxylic acids is 1. The molecule has 2 rings (SSSR count). The molecule has 6 nitrogen and oxygen atoms in total. The normalized spacial score (nSPS) is 21.4. The van der Waals surface area contributed by atoms with Crippen molar-refractivity contribution in [3.05, 3.63) is 30.3 Å². The van der Waals surface area contributed by atoms with Crippen LogP contribution in [0, 0.1) is 0 Å². The number of hydrogen-bond donors (Lipinski definition) is 2. The molecular formula is C14H17NO5. The highest BCUT2D eigenvalue weighted by Gasteiger charge is 2.30. The van der Waals surface area contributed by atoms with Crippen LogP contribution in [0.3, 0.4) is 0 Å². The van der Waals surface area contributed by atoms with Crippen LogP contribution in [0.4, 0.5) is 0 Å². The first-order valence-electron chi connectivity index (χ1n) is 6.48. The van der Waals surface area contributed by atoms with Crippen molar-refractivity contribution in [1.82, 2.24) is 5.32 Å². The summed E-state index contributed by atoms with van der Waals surface area (Å²) in [6, 6.07) is 9.05. The van der Waals surface area contributed by atoms with Crippen molar-refractivity contribution in [3.63, 3.8) is 0 Å². The van der Waals surface area contributed by atoms with Gasteiger partial charge >= 0.3 is 5.97 Å². The van der Waals surface area contributed by atoms with Gasteiger partial charge in [0.25, 0.3) is 5.91 Å². The van der Waals surface area contributed by atoms with Gasteiger partial charge in [0.05, 0.1) is 6.10 Å². The van der Waals surface area contributed by atoms with E-state index < -0.39 is 12.1 Å². The van der Waals surface area contributed by atoms with E-state index in [1.807, 2.05) is 18.2 Å². The minimum atomic E-state index is -0.953. The first-order valence-corrected chi connectivity index (χ1v) is 6.48. The van der Waals surface area contributed by atoms with Gasteiger partial charge in [0.1, 0.15) is 5.75 Å². The van der Waals surface area contributed by atoms with Crippen molar-refractivity contribution in [2.75, 3.05) is 13.2 Å². The second-order valence-electron chi connectivity index (χ2n) is 4.57. The van der Waals surface area contributed by atoms with Gasteiger partial charge in [-0.1, -0.05) is 18.2 Å². The number of carboxylic acid groups (broad SMARTS) is 1. The van der Waals surface area contributed by atoms with Crippen LogP contribution in [0.15, 0.2) is 30.3 Å². The molecule has 20 heavy (non-hydrogen) atoms. The van der Waals surface area contributed by atoms with Crippen LogP contribution in [0.25, 0.3) is 0 Å². The number of amides is 1. The lowest BCUT2D eigenvalue weighted by molar-refractivity contribution is -0.149. The van der Waals surface area contributed by atoms with E-state index in [1.165, 1.54) is 0 Å². The summed E-state index contributed by atoms with van der Waals surface area (Å²) in [4.78, 5) is 22.3. The van der Waals surface area contributed by atoms with E-state index in [0.29, 0.717) is 25.1 Å². The Morgan fingerprint density at radius 3 is 2.70 bits per heavy atom. The van der Waals surface area contributed by atoms with Crippen LogP contribution in [-0.2, 0) is 14.3 Å². The number of para-hydroxylation sites is 1. The predicted octanol–water partition coefficient (Wildman–Crippen LogP) is 0.814. The highest BCUT2D eigenvalue weighted by atomic mass is 16.5. The molecule has 2 N–H and O–H groups in total. The molecule has 108 valence electrons. The largest absolute Gasteiger partial charge is 0.484 e. The van der Waals surface area contributed by atoms with Crippen molar-refractivity contribution in [2.45, 2.75) is 25.0 Å². The summed E-state index contributed by atoms with van der Waals surface area (Å²) in [7, 11) is 0. The van der Waals surface area contributed by atoms with Crippen molar-refractivity contribution >= 4 is 11.9 Å². The Labute approximate surface area is 116 Å². The average molecular weight is 279 g/mol. The molecule has 0 aromatic heterocycles. The van der Waals surface area contributed by atoms with Crippen molar-refractivity contribution in [1.29, 1.82) is 0 Å². The summed E-state index contributed by atoms with van der Waals surface area (Å²) in [5.74, 6) is -0.576. The molecule has 0 spiro atoms. The maximum absolute atomic E-state index is 11.6. The maximum Gasteiger partial charge on any atom is 0.332 e. The van der Waals surface area contributed by atoms with E-state index in [4.69, 9.17) is 14.6 Å². The Balaban J connectivity index is 1.65. The molecular weight excluding hydrogens is 262 g/mol. The molecule has 1 fully saturated rings. The van der Waals surface area contributed by atoms with Crippen LogP contribution in [0.5, 0.6) is 5.75 Å². The zero-order valence-electron chi connectivity index (χ0n) is 11.0. The number of carboxylic acids is 1. The van der Waals surface area contributed by atoms with Gasteiger partial charge < -0.3 is 19.9 Å². The van der Waals surface area contributed by atoms with Crippen molar-refractivity contribution in [3.8, 4) is 5.75 Å². The lowest BCUT2D eigenvalue weighted by atomic mass is 10.2. The fourth-order valence-corrected chi connectivity index (χ4v) is 1.98. The minimum absolute atomic E-state index is 0.0703. The van der Waals surface area contributed by atoms with Gasteiger partial charge in [-0.2, -0.15) is 0 Å². The lowest BCUT2D eigenvalue weighted by Crippen LogP contribution is -2.35. The summed E-state index contributed by atoms with van der Waals surface area (Å²) >= 11 is 0. The number of ether oxygens (including phenoxy) is 2. The molecule has 1 saturated heterocycles. The number of aliphatic carboxylic acids is 1. The topological polar surface area (TPSA) is 84.9 Å². The number of hydrogen-bond acceptors (Lipinski definition) is 4. The smallest absolute Gasteiger partial charge is 0.332 e. The fourth-order valence-electron chi connectivity index (χ4n) is 1.98. The van der Waals surface area contributed by atoms with E-state index in [1.54, 1.807) is 12.1 Å². The molecule has 2 atom stereocenters.